The Morgan fingerprint density at radius 1 is 1.10 bits per heavy atom. The molecule has 31 heavy (non-hydrogen) atoms. The first-order valence-corrected chi connectivity index (χ1v) is 10.6. The highest BCUT2D eigenvalue weighted by Crippen LogP contribution is 2.37. The molecule has 6 heteroatoms. The number of rotatable bonds is 6. The van der Waals surface area contributed by atoms with E-state index in [1.54, 1.807) is 24.3 Å². The molecule has 3 aromatic rings. The molecule has 5 nitrogen and oxygen atoms in total. The number of fused-ring (bicyclic) bond motifs is 1. The van der Waals surface area contributed by atoms with Crippen LogP contribution in [-0.4, -0.2) is 28.3 Å². The fourth-order valence-corrected chi connectivity index (χ4v) is 4.47. The number of carbonyl (C=O) groups excluding carboxylic acids is 2. The lowest BCUT2D eigenvalue weighted by Crippen LogP contribution is -2.27. The largest absolute Gasteiger partial charge is 0.504 e. The van der Waals surface area contributed by atoms with Crippen LogP contribution in [0.3, 0.4) is 0 Å². The summed E-state index contributed by atoms with van der Waals surface area (Å²) >= 11 is 0.913. The summed E-state index contributed by atoms with van der Waals surface area (Å²) in [4.78, 5) is 27.2. The number of phenols is 1. The second-order valence-corrected chi connectivity index (χ2v) is 8.12. The number of carbonyl (C=O) groups is 2. The van der Waals surface area contributed by atoms with E-state index in [2.05, 4.69) is 6.58 Å². The van der Waals surface area contributed by atoms with Crippen LogP contribution in [0.4, 0.5) is 4.79 Å². The number of benzene rings is 3. The Hall–Kier alpha value is -3.51. The number of imide groups is 1. The average Bonchev–Trinajstić information content (AvgIpc) is 3.03. The van der Waals surface area contributed by atoms with Crippen molar-refractivity contribution in [3.05, 3.63) is 88.8 Å². The molecule has 1 saturated heterocycles. The van der Waals surface area contributed by atoms with Crippen molar-refractivity contribution < 1.29 is 19.4 Å². The van der Waals surface area contributed by atoms with Crippen molar-refractivity contribution in [1.29, 1.82) is 0 Å². The van der Waals surface area contributed by atoms with Gasteiger partial charge in [-0.25, -0.2) is 0 Å². The van der Waals surface area contributed by atoms with Gasteiger partial charge in [0.15, 0.2) is 11.5 Å². The first-order valence-electron chi connectivity index (χ1n) is 9.74. The van der Waals surface area contributed by atoms with Crippen LogP contribution < -0.4 is 4.74 Å². The van der Waals surface area contributed by atoms with Crippen LogP contribution in [0.25, 0.3) is 16.8 Å². The van der Waals surface area contributed by atoms with E-state index in [4.69, 9.17) is 4.74 Å². The third-order valence-electron chi connectivity index (χ3n) is 5.14. The summed E-state index contributed by atoms with van der Waals surface area (Å²) in [5.41, 5.74) is 2.22. The van der Waals surface area contributed by atoms with Crippen molar-refractivity contribution in [2.24, 2.45) is 0 Å². The van der Waals surface area contributed by atoms with Gasteiger partial charge in [-0.15, -0.1) is 6.58 Å². The molecular weight excluding hydrogens is 410 g/mol. The van der Waals surface area contributed by atoms with Gasteiger partial charge in [0.05, 0.1) is 18.6 Å². The smallest absolute Gasteiger partial charge is 0.293 e. The number of ether oxygens (including phenoxy) is 1. The molecular formula is C25H21NO4S. The lowest BCUT2D eigenvalue weighted by atomic mass is 10.0. The van der Waals surface area contributed by atoms with Gasteiger partial charge in [0.25, 0.3) is 11.1 Å². The molecule has 2 amide bonds. The minimum Gasteiger partial charge on any atom is -0.504 e. The molecule has 0 bridgehead atoms. The molecule has 1 fully saturated rings. The monoisotopic (exact) mass is 431 g/mol. The molecule has 1 heterocycles. The van der Waals surface area contributed by atoms with Gasteiger partial charge in [-0.3, -0.25) is 14.5 Å². The van der Waals surface area contributed by atoms with Crippen molar-refractivity contribution in [1.82, 2.24) is 4.90 Å². The van der Waals surface area contributed by atoms with E-state index in [1.807, 2.05) is 42.5 Å². The summed E-state index contributed by atoms with van der Waals surface area (Å²) in [5.74, 6) is 0.0180. The predicted molar refractivity (Wildman–Crippen MR) is 124 cm³/mol. The zero-order valence-corrected chi connectivity index (χ0v) is 17.8. The fraction of sp³-hybridized carbons (Fsp3) is 0.120. The molecule has 156 valence electrons. The van der Waals surface area contributed by atoms with Crippen LogP contribution in [0.5, 0.6) is 11.5 Å². The molecule has 0 unspecified atom stereocenters. The van der Waals surface area contributed by atoms with Gasteiger partial charge in [0.1, 0.15) is 0 Å². The maximum absolute atomic E-state index is 13.0. The van der Waals surface area contributed by atoms with E-state index < -0.39 is 0 Å². The van der Waals surface area contributed by atoms with Crippen LogP contribution in [0.15, 0.2) is 72.2 Å². The number of allylic oxidation sites excluding steroid dienone is 1. The van der Waals surface area contributed by atoms with E-state index in [9.17, 15) is 14.7 Å². The molecule has 0 atom stereocenters. The van der Waals surface area contributed by atoms with E-state index in [0.717, 1.165) is 28.1 Å². The summed E-state index contributed by atoms with van der Waals surface area (Å²) in [6.45, 7) is 3.91. The third kappa shape index (κ3) is 4.07. The molecule has 1 aliphatic heterocycles. The standard InChI is InChI=1S/C25H21NO4S/c1-3-7-18-12-16(13-21(30-2)23(18)27)14-22-24(28)26(25(29)31-22)15-19-10-6-9-17-8-4-5-11-20(17)19/h3-6,8-14,27H,1,7,15H2,2H3/b22-14-. The number of hydrogen-bond acceptors (Lipinski definition) is 5. The van der Waals surface area contributed by atoms with Gasteiger partial charge < -0.3 is 9.84 Å². The molecule has 0 radical (unpaired) electrons. The highest BCUT2D eigenvalue weighted by molar-refractivity contribution is 8.18. The number of amides is 2. The molecule has 0 aromatic heterocycles. The van der Waals surface area contributed by atoms with E-state index in [0.29, 0.717) is 28.2 Å². The maximum Gasteiger partial charge on any atom is 0.293 e. The normalized spacial score (nSPS) is 15.1. The Balaban J connectivity index is 1.65. The minimum atomic E-state index is -0.333. The van der Waals surface area contributed by atoms with Crippen LogP contribution in [0.2, 0.25) is 0 Å². The van der Waals surface area contributed by atoms with Crippen molar-refractivity contribution >= 4 is 39.8 Å². The second kappa shape index (κ2) is 8.70. The molecule has 4 rings (SSSR count). The SMILES string of the molecule is C=CCc1cc(/C=C2\SC(=O)N(Cc3cccc4ccccc34)C2=O)cc(OC)c1O. The van der Waals surface area contributed by atoms with Crippen molar-refractivity contribution in [2.45, 2.75) is 13.0 Å². The quantitative estimate of drug-likeness (QED) is 0.411. The van der Waals surface area contributed by atoms with Crippen molar-refractivity contribution in [2.75, 3.05) is 7.11 Å². The molecule has 1 N–H and O–H groups in total. The number of aromatic hydroxyl groups is 1. The Bertz CT molecular complexity index is 1230. The highest BCUT2D eigenvalue weighted by atomic mass is 32.2. The van der Waals surface area contributed by atoms with Crippen molar-refractivity contribution in [3.8, 4) is 11.5 Å². The van der Waals surface area contributed by atoms with Gasteiger partial charge in [-0.05, 0) is 58.3 Å². The number of nitrogens with zero attached hydrogens (tertiary/aromatic N) is 1. The van der Waals surface area contributed by atoms with Crippen molar-refractivity contribution in [3.63, 3.8) is 0 Å². The molecule has 3 aromatic carbocycles. The number of hydrogen-bond donors (Lipinski definition) is 1. The highest BCUT2D eigenvalue weighted by Gasteiger charge is 2.35. The number of phenolic OH excluding ortho intramolecular Hbond substituents is 1. The Morgan fingerprint density at radius 3 is 2.65 bits per heavy atom. The van der Waals surface area contributed by atoms with Gasteiger partial charge in [-0.2, -0.15) is 0 Å². The summed E-state index contributed by atoms with van der Waals surface area (Å²) < 4.78 is 5.24. The maximum atomic E-state index is 13.0. The first kappa shape index (κ1) is 20.8. The van der Waals surface area contributed by atoms with Gasteiger partial charge >= 0.3 is 0 Å². The van der Waals surface area contributed by atoms with E-state index in [1.165, 1.54) is 12.0 Å². The molecule has 0 spiro atoms. The third-order valence-corrected chi connectivity index (χ3v) is 6.05. The molecule has 0 aliphatic carbocycles. The summed E-state index contributed by atoms with van der Waals surface area (Å²) in [6, 6.07) is 17.2. The minimum absolute atomic E-state index is 0.0450. The molecule has 0 saturated carbocycles. The molecule has 1 aliphatic rings. The van der Waals surface area contributed by atoms with E-state index in [-0.39, 0.29) is 23.4 Å². The summed E-state index contributed by atoms with van der Waals surface area (Å²) in [6.07, 6.45) is 3.78. The number of thioether (sulfide) groups is 1. The summed E-state index contributed by atoms with van der Waals surface area (Å²) in [5, 5.41) is 12.0. The Kier molecular flexibility index (Phi) is 5.82. The van der Waals surface area contributed by atoms with Gasteiger partial charge in [-0.1, -0.05) is 48.5 Å². The summed E-state index contributed by atoms with van der Waals surface area (Å²) in [7, 11) is 1.47. The lowest BCUT2D eigenvalue weighted by Gasteiger charge is -2.14. The topological polar surface area (TPSA) is 66.8 Å². The lowest BCUT2D eigenvalue weighted by molar-refractivity contribution is -0.123. The van der Waals surface area contributed by atoms with Crippen LogP contribution in [0.1, 0.15) is 16.7 Å². The van der Waals surface area contributed by atoms with E-state index >= 15 is 0 Å². The van der Waals surface area contributed by atoms with Crippen LogP contribution in [0, 0.1) is 0 Å². The number of methoxy groups -OCH3 is 1. The van der Waals surface area contributed by atoms with Crippen LogP contribution >= 0.6 is 11.8 Å². The average molecular weight is 432 g/mol. The predicted octanol–water partition coefficient (Wildman–Crippen LogP) is 5.52. The zero-order chi connectivity index (χ0) is 22.0. The van der Waals surface area contributed by atoms with Gasteiger partial charge in [0, 0.05) is 5.56 Å². The Labute approximate surface area is 184 Å². The van der Waals surface area contributed by atoms with Gasteiger partial charge in [0.2, 0.25) is 0 Å². The van der Waals surface area contributed by atoms with Crippen LogP contribution in [-0.2, 0) is 17.8 Å². The zero-order valence-electron chi connectivity index (χ0n) is 17.0. The Morgan fingerprint density at radius 2 is 1.87 bits per heavy atom. The fourth-order valence-electron chi connectivity index (χ4n) is 3.63. The first-order chi connectivity index (χ1) is 15.0. The second-order valence-electron chi connectivity index (χ2n) is 7.13.